The van der Waals surface area contributed by atoms with E-state index in [2.05, 4.69) is 49.3 Å². The van der Waals surface area contributed by atoms with E-state index in [1.807, 2.05) is 18.2 Å². The lowest BCUT2D eigenvalue weighted by Crippen LogP contribution is -2.49. The van der Waals surface area contributed by atoms with Crippen molar-refractivity contribution in [3.63, 3.8) is 0 Å². The van der Waals surface area contributed by atoms with Gasteiger partial charge < -0.3 is 35.2 Å². The number of hydrogen-bond acceptors (Lipinski definition) is 10. The van der Waals surface area contributed by atoms with Crippen molar-refractivity contribution in [1.29, 1.82) is 0 Å². The van der Waals surface area contributed by atoms with E-state index in [0.717, 1.165) is 44.0 Å². The van der Waals surface area contributed by atoms with Gasteiger partial charge in [-0.05, 0) is 50.1 Å². The number of nitrogens with one attached hydrogen (secondary N) is 3. The summed E-state index contributed by atoms with van der Waals surface area (Å²) in [7, 11) is 1.61. The Morgan fingerprint density at radius 1 is 1.07 bits per heavy atom. The van der Waals surface area contributed by atoms with Gasteiger partial charge >= 0.3 is 0 Å². The van der Waals surface area contributed by atoms with Crippen LogP contribution in [0.25, 0.3) is 10.9 Å². The molecule has 0 saturated carbocycles. The molecular formula is C33H37FN8O3. The van der Waals surface area contributed by atoms with Crippen molar-refractivity contribution in [3.8, 4) is 17.2 Å². The molecule has 2 aliphatic rings. The zero-order valence-electron chi connectivity index (χ0n) is 25.4. The summed E-state index contributed by atoms with van der Waals surface area (Å²) in [5.74, 6) is 2.33. The second kappa shape index (κ2) is 13.3. The summed E-state index contributed by atoms with van der Waals surface area (Å²) >= 11 is 0. The Balaban J connectivity index is 1.18. The Labute approximate surface area is 261 Å². The number of benzene rings is 2. The van der Waals surface area contributed by atoms with Crippen molar-refractivity contribution >= 4 is 39.8 Å². The third kappa shape index (κ3) is 6.91. The number of amides is 1. The first-order valence-electron chi connectivity index (χ1n) is 15.1. The van der Waals surface area contributed by atoms with Crippen LogP contribution in [0, 0.1) is 5.82 Å². The number of aromatic nitrogens is 3. The predicted octanol–water partition coefficient (Wildman–Crippen LogP) is 5.10. The number of rotatable bonds is 9. The van der Waals surface area contributed by atoms with Gasteiger partial charge in [0, 0.05) is 74.6 Å². The molecule has 45 heavy (non-hydrogen) atoms. The number of anilines is 4. The monoisotopic (exact) mass is 612 g/mol. The number of hydrogen-bond donors (Lipinski definition) is 3. The van der Waals surface area contributed by atoms with Crippen LogP contribution >= 0.6 is 0 Å². The third-order valence-corrected chi connectivity index (χ3v) is 8.14. The third-order valence-electron chi connectivity index (χ3n) is 8.14. The molecule has 0 aliphatic carbocycles. The lowest BCUT2D eigenvalue weighted by atomic mass is 10.0. The molecule has 1 atom stereocenters. The number of fused-ring (bicyclic) bond motifs is 1. The molecule has 0 bridgehead atoms. The van der Waals surface area contributed by atoms with Gasteiger partial charge in [0.15, 0.2) is 0 Å². The fraction of sp³-hybridized carbons (Fsp3) is 0.333. The lowest BCUT2D eigenvalue weighted by Gasteiger charge is -2.32. The number of pyridine rings is 1. The van der Waals surface area contributed by atoms with E-state index in [9.17, 15) is 4.79 Å². The fourth-order valence-corrected chi connectivity index (χ4v) is 5.76. The van der Waals surface area contributed by atoms with Crippen LogP contribution in [0.4, 0.5) is 27.4 Å². The van der Waals surface area contributed by atoms with Gasteiger partial charge in [-0.2, -0.15) is 0 Å². The summed E-state index contributed by atoms with van der Waals surface area (Å²) < 4.78 is 27.1. The zero-order valence-corrected chi connectivity index (χ0v) is 25.4. The maximum atomic E-state index is 15.4. The predicted molar refractivity (Wildman–Crippen MR) is 173 cm³/mol. The average molecular weight is 613 g/mol. The highest BCUT2D eigenvalue weighted by molar-refractivity contribution is 5.95. The van der Waals surface area contributed by atoms with E-state index in [1.165, 1.54) is 18.5 Å². The summed E-state index contributed by atoms with van der Waals surface area (Å²) in [5, 5.41) is 10.8. The summed E-state index contributed by atoms with van der Waals surface area (Å²) in [6, 6.07) is 12.6. The van der Waals surface area contributed by atoms with E-state index in [-0.39, 0.29) is 17.6 Å². The molecule has 4 heterocycles. The Kier molecular flexibility index (Phi) is 8.92. The van der Waals surface area contributed by atoms with E-state index >= 15 is 4.39 Å². The molecule has 11 nitrogen and oxygen atoms in total. The minimum Gasteiger partial charge on any atom is -0.495 e. The summed E-state index contributed by atoms with van der Waals surface area (Å²) in [5.41, 5.74) is 1.67. The van der Waals surface area contributed by atoms with Crippen molar-refractivity contribution in [2.24, 2.45) is 0 Å². The molecule has 4 aromatic rings. The van der Waals surface area contributed by atoms with Crippen LogP contribution in [0.5, 0.6) is 17.2 Å². The molecule has 3 N–H and O–H groups in total. The minimum absolute atomic E-state index is 0.0524. The molecule has 1 amide bonds. The van der Waals surface area contributed by atoms with Crippen molar-refractivity contribution < 1.29 is 18.7 Å². The number of carbonyl (C=O) groups is 1. The van der Waals surface area contributed by atoms with Crippen LogP contribution in [0.3, 0.4) is 0 Å². The average Bonchev–Trinajstić information content (AvgIpc) is 3.06. The van der Waals surface area contributed by atoms with E-state index in [0.29, 0.717) is 53.1 Å². The van der Waals surface area contributed by atoms with Gasteiger partial charge in [-0.25, -0.2) is 19.3 Å². The largest absolute Gasteiger partial charge is 0.495 e. The molecule has 12 heteroatoms. The molecule has 0 unspecified atom stereocenters. The number of piperazine rings is 1. The summed E-state index contributed by atoms with van der Waals surface area (Å²) in [6.45, 7) is 9.61. The molecule has 2 saturated heterocycles. The van der Waals surface area contributed by atoms with Crippen LogP contribution < -0.4 is 30.3 Å². The first-order valence-corrected chi connectivity index (χ1v) is 15.1. The lowest BCUT2D eigenvalue weighted by molar-refractivity contribution is -0.126. The molecule has 0 spiro atoms. The number of piperidine rings is 1. The van der Waals surface area contributed by atoms with E-state index in [4.69, 9.17) is 9.47 Å². The van der Waals surface area contributed by atoms with Gasteiger partial charge in [0.05, 0.1) is 24.0 Å². The maximum Gasteiger partial charge on any atom is 0.245 e. The van der Waals surface area contributed by atoms with Crippen molar-refractivity contribution in [3.05, 3.63) is 73.5 Å². The van der Waals surface area contributed by atoms with Gasteiger partial charge in [-0.1, -0.05) is 6.58 Å². The van der Waals surface area contributed by atoms with Gasteiger partial charge in [0.1, 0.15) is 41.0 Å². The van der Waals surface area contributed by atoms with Crippen LogP contribution in [-0.4, -0.2) is 77.7 Å². The second-order valence-corrected chi connectivity index (χ2v) is 11.3. The summed E-state index contributed by atoms with van der Waals surface area (Å²) in [4.78, 5) is 29.3. The number of likely N-dealkylation sites (tertiary alicyclic amines) is 1. The molecule has 2 aromatic carbocycles. The number of halogens is 1. The molecule has 0 radical (unpaired) electrons. The molecule has 2 aromatic heterocycles. The van der Waals surface area contributed by atoms with Crippen molar-refractivity contribution in [2.45, 2.75) is 31.8 Å². The Morgan fingerprint density at radius 2 is 1.89 bits per heavy atom. The van der Waals surface area contributed by atoms with Crippen LogP contribution in [-0.2, 0) is 4.79 Å². The molecule has 2 aliphatic heterocycles. The second-order valence-electron chi connectivity index (χ2n) is 11.3. The van der Waals surface area contributed by atoms with Crippen LogP contribution in [0.15, 0.2) is 67.6 Å². The Hall–Kier alpha value is -4.97. The highest BCUT2D eigenvalue weighted by atomic mass is 19.1. The molecule has 6 rings (SSSR count). The number of methoxy groups -OCH3 is 1. The first kappa shape index (κ1) is 30.1. The van der Waals surface area contributed by atoms with Crippen molar-refractivity contribution in [2.75, 3.05) is 55.4 Å². The highest BCUT2D eigenvalue weighted by Crippen LogP contribution is 2.35. The Bertz CT molecular complexity index is 1690. The highest BCUT2D eigenvalue weighted by Gasteiger charge is 2.23. The number of carbonyl (C=O) groups excluding carboxylic acids is 1. The SMILES string of the molecule is C=CC(=O)N1CCC(Nc2cc3c(Nc4ccc(Oc5ccnc(N6CCN[C@H](C)C6)c5)cc4F)ncnc3cc2OC)CC1. The molecule has 234 valence electrons. The number of nitrogens with zero attached hydrogens (tertiary/aromatic N) is 5. The standard InChI is InChI=1S/C33H37FN8O3/c1-4-32(43)41-12-8-22(9-13-41)39-29-17-25-28(18-30(29)44-3)37-20-38-33(25)40-27-6-5-23(15-26(27)34)45-24-7-10-36-31(16-24)42-14-11-35-21(2)19-42/h4-7,10,15-18,20-22,35,39H,1,8-9,11-14,19H2,2-3H3,(H,37,38,40)/t21-/m1/s1. The first-order chi connectivity index (χ1) is 21.9. The zero-order chi connectivity index (χ0) is 31.3. The molecular weight excluding hydrogens is 575 g/mol. The normalized spacial score (nSPS) is 17.2. The van der Waals surface area contributed by atoms with Crippen LogP contribution in [0.2, 0.25) is 0 Å². The molecule has 2 fully saturated rings. The quantitative estimate of drug-likeness (QED) is 0.221. The topological polar surface area (TPSA) is 117 Å². The fourth-order valence-electron chi connectivity index (χ4n) is 5.76. The smallest absolute Gasteiger partial charge is 0.245 e. The van der Waals surface area contributed by atoms with E-state index in [1.54, 1.807) is 36.4 Å². The van der Waals surface area contributed by atoms with Gasteiger partial charge in [0.25, 0.3) is 0 Å². The Morgan fingerprint density at radius 3 is 2.64 bits per heavy atom. The van der Waals surface area contributed by atoms with Gasteiger partial charge in [0.2, 0.25) is 5.91 Å². The number of ether oxygens (including phenoxy) is 2. The van der Waals surface area contributed by atoms with Gasteiger partial charge in [-0.15, -0.1) is 0 Å². The van der Waals surface area contributed by atoms with Gasteiger partial charge in [-0.3, -0.25) is 4.79 Å². The van der Waals surface area contributed by atoms with Crippen molar-refractivity contribution in [1.82, 2.24) is 25.2 Å². The minimum atomic E-state index is -0.489. The van der Waals surface area contributed by atoms with Crippen LogP contribution in [0.1, 0.15) is 19.8 Å². The maximum absolute atomic E-state index is 15.4. The summed E-state index contributed by atoms with van der Waals surface area (Å²) in [6.07, 6.45) is 6.05. The van der Waals surface area contributed by atoms with E-state index < -0.39 is 5.82 Å².